The Hall–Kier alpha value is -1.48. The lowest BCUT2D eigenvalue weighted by atomic mass is 9.98. The number of amides is 1. The van der Waals surface area contributed by atoms with E-state index in [1.165, 1.54) is 16.8 Å². The standard InChI is InChI=1S/C18H26N2O5S/c21-18(14-25-16-6-2-1-3-7-16)19-15-5-4-8-17(13-15)26(22,23)20-9-11-24-12-10-20/h4-5,8,13,16H,1-3,6-7,9-12,14H2,(H,19,21). The summed E-state index contributed by atoms with van der Waals surface area (Å²) in [5.74, 6) is -0.267. The smallest absolute Gasteiger partial charge is 0.250 e. The van der Waals surface area contributed by atoms with E-state index in [0.29, 0.717) is 32.0 Å². The molecule has 1 aromatic rings. The zero-order valence-electron chi connectivity index (χ0n) is 14.9. The van der Waals surface area contributed by atoms with Gasteiger partial charge >= 0.3 is 0 Å². The number of ether oxygens (including phenoxy) is 2. The highest BCUT2D eigenvalue weighted by molar-refractivity contribution is 7.89. The van der Waals surface area contributed by atoms with E-state index >= 15 is 0 Å². The molecule has 2 fully saturated rings. The molecule has 1 saturated heterocycles. The molecule has 144 valence electrons. The van der Waals surface area contributed by atoms with Crippen LogP contribution in [0, 0.1) is 0 Å². The number of nitrogens with zero attached hydrogens (tertiary/aromatic N) is 1. The van der Waals surface area contributed by atoms with Crippen LogP contribution in [0.4, 0.5) is 5.69 Å². The molecule has 0 unspecified atom stereocenters. The molecular formula is C18H26N2O5S. The van der Waals surface area contributed by atoms with Gasteiger partial charge in [-0.15, -0.1) is 0 Å². The van der Waals surface area contributed by atoms with Crippen LogP contribution in [0.25, 0.3) is 0 Å². The predicted octanol–water partition coefficient (Wildman–Crippen LogP) is 2.00. The third-order valence-electron chi connectivity index (χ3n) is 4.73. The fourth-order valence-electron chi connectivity index (χ4n) is 3.29. The molecule has 1 amide bonds. The molecule has 26 heavy (non-hydrogen) atoms. The molecule has 1 heterocycles. The van der Waals surface area contributed by atoms with Crippen LogP contribution in [0.5, 0.6) is 0 Å². The average molecular weight is 382 g/mol. The Morgan fingerprint density at radius 3 is 2.65 bits per heavy atom. The van der Waals surface area contributed by atoms with Gasteiger partial charge in [0.2, 0.25) is 15.9 Å². The van der Waals surface area contributed by atoms with Crippen molar-refractivity contribution in [2.24, 2.45) is 0 Å². The molecule has 1 N–H and O–H groups in total. The number of sulfonamides is 1. The summed E-state index contributed by atoms with van der Waals surface area (Å²) in [6, 6.07) is 6.34. The van der Waals surface area contributed by atoms with Crippen LogP contribution in [0.1, 0.15) is 32.1 Å². The molecule has 1 aliphatic carbocycles. The maximum atomic E-state index is 12.7. The number of carbonyl (C=O) groups is 1. The van der Waals surface area contributed by atoms with Gasteiger partial charge in [0.1, 0.15) is 6.61 Å². The van der Waals surface area contributed by atoms with Crippen molar-refractivity contribution in [3.05, 3.63) is 24.3 Å². The molecule has 8 heteroatoms. The summed E-state index contributed by atoms with van der Waals surface area (Å²) in [5.41, 5.74) is 0.455. The number of hydrogen-bond acceptors (Lipinski definition) is 5. The van der Waals surface area contributed by atoms with Crippen LogP contribution in [0.2, 0.25) is 0 Å². The number of morpholine rings is 1. The first-order chi connectivity index (χ1) is 12.6. The molecule has 7 nitrogen and oxygen atoms in total. The predicted molar refractivity (Wildman–Crippen MR) is 97.5 cm³/mol. The highest BCUT2D eigenvalue weighted by Gasteiger charge is 2.26. The molecule has 3 rings (SSSR count). The molecule has 0 bridgehead atoms. The summed E-state index contributed by atoms with van der Waals surface area (Å²) in [6.45, 7) is 1.47. The summed E-state index contributed by atoms with van der Waals surface area (Å²) in [6.07, 6.45) is 5.68. The zero-order chi connectivity index (χ0) is 18.4. The third kappa shape index (κ3) is 5.03. The number of carbonyl (C=O) groups excluding carboxylic acids is 1. The Morgan fingerprint density at radius 1 is 1.19 bits per heavy atom. The van der Waals surface area contributed by atoms with Gasteiger partial charge in [-0.3, -0.25) is 4.79 Å². The van der Waals surface area contributed by atoms with E-state index < -0.39 is 10.0 Å². The van der Waals surface area contributed by atoms with Gasteiger partial charge < -0.3 is 14.8 Å². The Bertz CT molecular complexity index is 710. The van der Waals surface area contributed by atoms with E-state index in [1.54, 1.807) is 18.2 Å². The number of benzene rings is 1. The summed E-state index contributed by atoms with van der Waals surface area (Å²) < 4.78 is 37.7. The summed E-state index contributed by atoms with van der Waals surface area (Å²) in [4.78, 5) is 12.3. The first-order valence-corrected chi connectivity index (χ1v) is 10.6. The lowest BCUT2D eigenvalue weighted by molar-refractivity contribution is -0.123. The van der Waals surface area contributed by atoms with Crippen molar-refractivity contribution in [2.75, 3.05) is 38.2 Å². The Morgan fingerprint density at radius 2 is 1.92 bits per heavy atom. The van der Waals surface area contributed by atoms with Crippen LogP contribution in [0.3, 0.4) is 0 Å². The summed E-state index contributed by atoms with van der Waals surface area (Å²) >= 11 is 0. The molecule has 0 atom stereocenters. The van der Waals surface area contributed by atoms with Crippen molar-refractivity contribution >= 4 is 21.6 Å². The molecule has 1 aromatic carbocycles. The van der Waals surface area contributed by atoms with Crippen LogP contribution in [-0.2, 0) is 24.3 Å². The van der Waals surface area contributed by atoms with Crippen LogP contribution in [0.15, 0.2) is 29.2 Å². The lowest BCUT2D eigenvalue weighted by Gasteiger charge is -2.26. The second-order valence-corrected chi connectivity index (χ2v) is 8.60. The van der Waals surface area contributed by atoms with E-state index in [2.05, 4.69) is 5.32 Å². The van der Waals surface area contributed by atoms with Gasteiger partial charge in [0.05, 0.1) is 24.2 Å². The molecule has 1 aliphatic heterocycles. The van der Waals surface area contributed by atoms with Gasteiger partial charge in [-0.1, -0.05) is 25.3 Å². The average Bonchev–Trinajstić information content (AvgIpc) is 2.68. The van der Waals surface area contributed by atoms with Crippen LogP contribution >= 0.6 is 0 Å². The van der Waals surface area contributed by atoms with Gasteiger partial charge in [-0.25, -0.2) is 8.42 Å². The number of rotatable bonds is 6. The van der Waals surface area contributed by atoms with Gasteiger partial charge in [0.25, 0.3) is 0 Å². The molecule has 0 radical (unpaired) electrons. The van der Waals surface area contributed by atoms with Gasteiger partial charge in [0.15, 0.2) is 0 Å². The van der Waals surface area contributed by atoms with Crippen molar-refractivity contribution in [3.63, 3.8) is 0 Å². The van der Waals surface area contributed by atoms with Crippen molar-refractivity contribution in [1.82, 2.24) is 4.31 Å². The van der Waals surface area contributed by atoms with Crippen LogP contribution < -0.4 is 5.32 Å². The second-order valence-electron chi connectivity index (χ2n) is 6.66. The van der Waals surface area contributed by atoms with E-state index in [1.807, 2.05) is 0 Å². The van der Waals surface area contributed by atoms with E-state index in [-0.39, 0.29) is 23.5 Å². The topological polar surface area (TPSA) is 84.9 Å². The van der Waals surface area contributed by atoms with Gasteiger partial charge in [-0.05, 0) is 31.0 Å². The molecule has 0 spiro atoms. The monoisotopic (exact) mass is 382 g/mol. The van der Waals surface area contributed by atoms with E-state index in [0.717, 1.165) is 25.7 Å². The number of nitrogens with one attached hydrogen (secondary N) is 1. The first-order valence-electron chi connectivity index (χ1n) is 9.15. The van der Waals surface area contributed by atoms with E-state index in [9.17, 15) is 13.2 Å². The van der Waals surface area contributed by atoms with Crippen LogP contribution in [-0.4, -0.2) is 57.6 Å². The molecule has 2 aliphatic rings. The minimum Gasteiger partial charge on any atom is -0.379 e. The normalized spacial score (nSPS) is 20.0. The Labute approximate surface area is 154 Å². The fraction of sp³-hybridized carbons (Fsp3) is 0.611. The minimum absolute atomic E-state index is 0.00882. The lowest BCUT2D eigenvalue weighted by Crippen LogP contribution is -2.40. The third-order valence-corrected chi connectivity index (χ3v) is 6.62. The molecule has 1 saturated carbocycles. The molecular weight excluding hydrogens is 356 g/mol. The highest BCUT2D eigenvalue weighted by Crippen LogP contribution is 2.22. The quantitative estimate of drug-likeness (QED) is 0.813. The Kier molecular flexibility index (Phi) is 6.63. The minimum atomic E-state index is -3.58. The number of hydrogen-bond donors (Lipinski definition) is 1. The largest absolute Gasteiger partial charge is 0.379 e. The second kappa shape index (κ2) is 8.94. The van der Waals surface area contributed by atoms with Crippen molar-refractivity contribution in [2.45, 2.75) is 43.1 Å². The highest BCUT2D eigenvalue weighted by atomic mass is 32.2. The summed E-state index contributed by atoms with van der Waals surface area (Å²) in [5, 5.41) is 2.73. The SMILES string of the molecule is O=C(COC1CCCCC1)Nc1cccc(S(=O)(=O)N2CCOCC2)c1. The molecule has 0 aromatic heterocycles. The van der Waals surface area contributed by atoms with Gasteiger partial charge in [0, 0.05) is 18.8 Å². The zero-order valence-corrected chi connectivity index (χ0v) is 15.7. The Balaban J connectivity index is 1.58. The van der Waals surface area contributed by atoms with Crippen molar-refractivity contribution in [1.29, 1.82) is 0 Å². The van der Waals surface area contributed by atoms with Gasteiger partial charge in [-0.2, -0.15) is 4.31 Å². The fourth-order valence-corrected chi connectivity index (χ4v) is 4.75. The maximum Gasteiger partial charge on any atom is 0.250 e. The maximum absolute atomic E-state index is 12.7. The number of anilines is 1. The summed E-state index contributed by atoms with van der Waals surface area (Å²) in [7, 11) is -3.58. The van der Waals surface area contributed by atoms with Crippen molar-refractivity contribution in [3.8, 4) is 0 Å². The van der Waals surface area contributed by atoms with Crippen molar-refractivity contribution < 1.29 is 22.7 Å². The first kappa shape index (κ1) is 19.3. The van der Waals surface area contributed by atoms with E-state index in [4.69, 9.17) is 9.47 Å².